The molecule has 1 saturated carbocycles. The van der Waals surface area contributed by atoms with Crippen molar-refractivity contribution in [2.24, 2.45) is 5.92 Å². The van der Waals surface area contributed by atoms with E-state index >= 15 is 0 Å². The fraction of sp³-hybridized carbons (Fsp3) is 0.611. The Labute approximate surface area is 177 Å². The number of anilines is 1. The summed E-state index contributed by atoms with van der Waals surface area (Å²) >= 11 is 2.63. The minimum absolute atomic E-state index is 0.00870. The second-order valence-corrected chi connectivity index (χ2v) is 8.97. The molecule has 1 amide bonds. The Morgan fingerprint density at radius 1 is 1.24 bits per heavy atom. The highest BCUT2D eigenvalue weighted by Gasteiger charge is 2.33. The summed E-state index contributed by atoms with van der Waals surface area (Å²) in [6, 6.07) is 2.98. The van der Waals surface area contributed by atoms with Gasteiger partial charge < -0.3 is 15.1 Å². The van der Waals surface area contributed by atoms with Crippen molar-refractivity contribution in [2.75, 3.05) is 31.7 Å². The molecule has 1 aliphatic rings. The SMILES string of the molecule is CSNC1CC(CO)CC(NC(=O)c2cc(C(F)(F)F)ccc2NSN(C)C)C1. The van der Waals surface area contributed by atoms with Crippen molar-refractivity contribution in [3.8, 4) is 0 Å². The molecule has 0 aromatic heterocycles. The van der Waals surface area contributed by atoms with Crippen LogP contribution in [-0.4, -0.2) is 54.4 Å². The third-order valence-corrected chi connectivity index (χ3v) is 5.86. The molecule has 3 atom stereocenters. The summed E-state index contributed by atoms with van der Waals surface area (Å²) in [4.78, 5) is 12.9. The van der Waals surface area contributed by atoms with Crippen molar-refractivity contribution in [1.29, 1.82) is 0 Å². The van der Waals surface area contributed by atoms with Gasteiger partial charge >= 0.3 is 6.18 Å². The maximum absolute atomic E-state index is 13.2. The van der Waals surface area contributed by atoms with E-state index in [4.69, 9.17) is 0 Å². The molecule has 6 nitrogen and oxygen atoms in total. The lowest BCUT2D eigenvalue weighted by Gasteiger charge is -2.34. The fourth-order valence-corrected chi connectivity index (χ4v) is 4.35. The predicted molar refractivity (Wildman–Crippen MR) is 112 cm³/mol. The van der Waals surface area contributed by atoms with Gasteiger partial charge in [-0.25, -0.2) is 4.31 Å². The normalized spacial score (nSPS) is 22.6. The van der Waals surface area contributed by atoms with Crippen molar-refractivity contribution in [3.05, 3.63) is 29.3 Å². The number of benzene rings is 1. The third kappa shape index (κ3) is 7.25. The molecule has 3 unspecified atom stereocenters. The summed E-state index contributed by atoms with van der Waals surface area (Å²) in [7, 11) is 3.55. The van der Waals surface area contributed by atoms with Crippen LogP contribution >= 0.6 is 24.1 Å². The van der Waals surface area contributed by atoms with Crippen LogP contribution in [0.1, 0.15) is 35.2 Å². The molecule has 0 aliphatic heterocycles. The number of carbonyl (C=O) groups is 1. The van der Waals surface area contributed by atoms with Crippen LogP contribution in [0.3, 0.4) is 0 Å². The van der Waals surface area contributed by atoms with E-state index in [1.807, 2.05) is 6.26 Å². The van der Waals surface area contributed by atoms with Crippen molar-refractivity contribution >= 4 is 35.7 Å². The highest BCUT2D eigenvalue weighted by Crippen LogP contribution is 2.33. The van der Waals surface area contributed by atoms with Crippen molar-refractivity contribution in [2.45, 2.75) is 37.5 Å². The number of hydrogen-bond acceptors (Lipinski definition) is 7. The summed E-state index contributed by atoms with van der Waals surface area (Å²) in [6.45, 7) is 0.00870. The van der Waals surface area contributed by atoms with Crippen LogP contribution in [0.4, 0.5) is 18.9 Å². The largest absolute Gasteiger partial charge is 0.416 e. The predicted octanol–water partition coefficient (Wildman–Crippen LogP) is 3.37. The first-order chi connectivity index (χ1) is 13.6. The standard InChI is InChI=1S/C18H27F3N4O2S2/c1-25(2)29-24-16-5-4-12(18(19,20)21)8-15(16)17(27)22-13-6-11(10-26)7-14(9-13)23-28-3/h4-5,8,11,13-14,23-24,26H,6-7,9-10H2,1-3H3,(H,22,27). The first-order valence-corrected chi connectivity index (χ1v) is 11.2. The van der Waals surface area contributed by atoms with Crippen LogP contribution in [-0.2, 0) is 6.18 Å². The molecule has 2 rings (SSSR count). The van der Waals surface area contributed by atoms with Crippen LogP contribution in [0, 0.1) is 5.92 Å². The zero-order chi connectivity index (χ0) is 21.6. The van der Waals surface area contributed by atoms with Gasteiger partial charge in [0.1, 0.15) is 0 Å². The minimum atomic E-state index is -4.54. The summed E-state index contributed by atoms with van der Waals surface area (Å²) in [6.07, 6.45) is -0.610. The van der Waals surface area contributed by atoms with Crippen LogP contribution < -0.4 is 14.8 Å². The number of rotatable bonds is 8. The number of amides is 1. The minimum Gasteiger partial charge on any atom is -0.396 e. The molecule has 1 aliphatic carbocycles. The number of nitrogens with zero attached hydrogens (tertiary/aromatic N) is 1. The maximum atomic E-state index is 13.2. The van der Waals surface area contributed by atoms with Gasteiger partial charge in [0.2, 0.25) is 0 Å². The Hall–Kier alpha value is -1.14. The van der Waals surface area contributed by atoms with Gasteiger partial charge in [-0.3, -0.25) is 9.52 Å². The molecular formula is C18H27F3N4O2S2. The molecule has 11 heteroatoms. The van der Waals surface area contributed by atoms with Gasteiger partial charge in [0.25, 0.3) is 5.91 Å². The molecule has 4 N–H and O–H groups in total. The summed E-state index contributed by atoms with van der Waals surface area (Å²) in [5.41, 5.74) is -0.626. The first-order valence-electron chi connectivity index (χ1n) is 9.15. The molecule has 0 radical (unpaired) electrons. The van der Waals surface area contributed by atoms with Gasteiger partial charge in [-0.05, 0) is 63.7 Å². The molecule has 1 aromatic carbocycles. The Kier molecular flexibility index (Phi) is 8.95. The molecular weight excluding hydrogens is 425 g/mol. The quantitative estimate of drug-likeness (QED) is 0.451. The van der Waals surface area contributed by atoms with Crippen LogP contribution in [0.5, 0.6) is 0 Å². The molecule has 0 saturated heterocycles. The smallest absolute Gasteiger partial charge is 0.396 e. The van der Waals surface area contributed by atoms with E-state index in [1.165, 1.54) is 18.0 Å². The zero-order valence-electron chi connectivity index (χ0n) is 16.5. The van der Waals surface area contributed by atoms with Crippen molar-refractivity contribution < 1.29 is 23.1 Å². The average Bonchev–Trinajstić information content (AvgIpc) is 2.65. The van der Waals surface area contributed by atoms with Gasteiger partial charge in [-0.2, -0.15) is 13.2 Å². The van der Waals surface area contributed by atoms with E-state index in [0.29, 0.717) is 18.5 Å². The fourth-order valence-electron chi connectivity index (χ4n) is 3.37. The van der Waals surface area contributed by atoms with E-state index in [-0.39, 0.29) is 30.2 Å². The van der Waals surface area contributed by atoms with Gasteiger partial charge in [0.05, 0.1) is 16.8 Å². The van der Waals surface area contributed by atoms with Crippen molar-refractivity contribution in [1.82, 2.24) is 14.3 Å². The number of aliphatic hydroxyl groups is 1. The molecule has 164 valence electrons. The van der Waals surface area contributed by atoms with E-state index in [1.54, 1.807) is 18.4 Å². The Bertz CT molecular complexity index is 692. The van der Waals surface area contributed by atoms with E-state index in [9.17, 15) is 23.1 Å². The Morgan fingerprint density at radius 3 is 2.52 bits per heavy atom. The number of hydrogen-bond donors (Lipinski definition) is 4. The zero-order valence-corrected chi connectivity index (χ0v) is 18.2. The lowest BCUT2D eigenvalue weighted by Crippen LogP contribution is -2.46. The van der Waals surface area contributed by atoms with Gasteiger partial charge in [0, 0.05) is 30.8 Å². The van der Waals surface area contributed by atoms with E-state index < -0.39 is 17.6 Å². The number of nitrogens with one attached hydrogen (secondary N) is 3. The second kappa shape index (κ2) is 10.8. The van der Waals surface area contributed by atoms with Gasteiger partial charge in [-0.15, -0.1) is 0 Å². The molecule has 0 spiro atoms. The van der Waals surface area contributed by atoms with Gasteiger partial charge in [-0.1, -0.05) is 11.9 Å². The number of alkyl halides is 3. The molecule has 1 aromatic rings. The number of carbonyl (C=O) groups excluding carboxylic acids is 1. The van der Waals surface area contributed by atoms with Crippen LogP contribution in [0.2, 0.25) is 0 Å². The summed E-state index contributed by atoms with van der Waals surface area (Å²) in [5.74, 6) is -0.536. The lowest BCUT2D eigenvalue weighted by molar-refractivity contribution is -0.137. The Morgan fingerprint density at radius 2 is 1.93 bits per heavy atom. The van der Waals surface area contributed by atoms with Crippen LogP contribution in [0.25, 0.3) is 0 Å². The monoisotopic (exact) mass is 452 g/mol. The molecule has 29 heavy (non-hydrogen) atoms. The molecule has 1 fully saturated rings. The maximum Gasteiger partial charge on any atom is 0.416 e. The topological polar surface area (TPSA) is 76.6 Å². The second-order valence-electron chi connectivity index (χ2n) is 7.21. The third-order valence-electron chi connectivity index (χ3n) is 4.61. The lowest BCUT2D eigenvalue weighted by atomic mass is 9.83. The Balaban J connectivity index is 2.22. The average molecular weight is 453 g/mol. The number of aliphatic hydroxyl groups excluding tert-OH is 1. The molecule has 0 bridgehead atoms. The van der Waals surface area contributed by atoms with E-state index in [2.05, 4.69) is 14.8 Å². The van der Waals surface area contributed by atoms with E-state index in [0.717, 1.165) is 30.7 Å². The highest BCUT2D eigenvalue weighted by atomic mass is 32.2. The van der Waals surface area contributed by atoms with Gasteiger partial charge in [0.15, 0.2) is 0 Å². The molecule has 0 heterocycles. The first kappa shape index (κ1) is 24.1. The summed E-state index contributed by atoms with van der Waals surface area (Å²) < 4.78 is 47.4. The summed E-state index contributed by atoms with van der Waals surface area (Å²) in [5, 5.41) is 12.4. The van der Waals surface area contributed by atoms with Crippen LogP contribution in [0.15, 0.2) is 18.2 Å². The van der Waals surface area contributed by atoms with Crippen molar-refractivity contribution in [3.63, 3.8) is 0 Å². The highest BCUT2D eigenvalue weighted by molar-refractivity contribution is 7.98. The number of halogens is 3.